The van der Waals surface area contributed by atoms with E-state index in [9.17, 15) is 0 Å². The highest BCUT2D eigenvalue weighted by molar-refractivity contribution is 5.32. The first-order chi connectivity index (χ1) is 8.02. The van der Waals surface area contributed by atoms with Crippen LogP contribution >= 0.6 is 0 Å². The molecule has 0 radical (unpaired) electrons. The Hall–Kier alpha value is -0.780. The highest BCUT2D eigenvalue weighted by Crippen LogP contribution is 2.20. The molecule has 1 atom stereocenters. The zero-order valence-electron chi connectivity index (χ0n) is 12.2. The second-order valence-corrected chi connectivity index (χ2v) is 5.92. The summed E-state index contributed by atoms with van der Waals surface area (Å²) in [6.07, 6.45) is 5.06. The molecule has 1 aromatic carbocycles. The van der Waals surface area contributed by atoms with Crippen LogP contribution in [0.15, 0.2) is 18.2 Å². The molecular weight excluding hydrogens is 204 g/mol. The van der Waals surface area contributed by atoms with E-state index in [0.717, 1.165) is 11.8 Å². The Morgan fingerprint density at radius 1 is 1.06 bits per heavy atom. The van der Waals surface area contributed by atoms with E-state index in [1.54, 1.807) is 11.1 Å². The van der Waals surface area contributed by atoms with Gasteiger partial charge >= 0.3 is 0 Å². The summed E-state index contributed by atoms with van der Waals surface area (Å²) in [7, 11) is 0. The van der Waals surface area contributed by atoms with Crippen molar-refractivity contribution in [3.8, 4) is 0 Å². The Morgan fingerprint density at radius 3 is 2.35 bits per heavy atom. The van der Waals surface area contributed by atoms with Gasteiger partial charge in [-0.3, -0.25) is 0 Å². The van der Waals surface area contributed by atoms with Gasteiger partial charge in [-0.05, 0) is 49.1 Å². The van der Waals surface area contributed by atoms with Crippen LogP contribution in [-0.4, -0.2) is 0 Å². The SMILES string of the molecule is CC[C@@H](C)Cc1cc(C)ccc1CCC(C)C. The quantitative estimate of drug-likeness (QED) is 0.634. The van der Waals surface area contributed by atoms with Crippen molar-refractivity contribution in [3.63, 3.8) is 0 Å². The van der Waals surface area contributed by atoms with E-state index < -0.39 is 0 Å². The first kappa shape index (κ1) is 14.3. The van der Waals surface area contributed by atoms with Gasteiger partial charge in [0.15, 0.2) is 0 Å². The molecule has 0 saturated carbocycles. The number of rotatable bonds is 6. The minimum Gasteiger partial charge on any atom is -0.0651 e. The van der Waals surface area contributed by atoms with Crippen LogP contribution in [0.25, 0.3) is 0 Å². The Labute approximate surface area is 107 Å². The maximum absolute atomic E-state index is 2.39. The molecule has 0 heterocycles. The highest BCUT2D eigenvalue weighted by atomic mass is 14.1. The van der Waals surface area contributed by atoms with Gasteiger partial charge in [0.1, 0.15) is 0 Å². The van der Waals surface area contributed by atoms with Crippen LogP contribution < -0.4 is 0 Å². The zero-order valence-corrected chi connectivity index (χ0v) is 12.2. The summed E-state index contributed by atoms with van der Waals surface area (Å²) in [5.74, 6) is 1.60. The first-order valence-corrected chi connectivity index (χ1v) is 7.11. The lowest BCUT2D eigenvalue weighted by Gasteiger charge is -2.15. The van der Waals surface area contributed by atoms with Crippen LogP contribution in [0.4, 0.5) is 0 Å². The molecule has 0 bridgehead atoms. The second-order valence-electron chi connectivity index (χ2n) is 5.92. The molecule has 0 nitrogen and oxygen atoms in total. The van der Waals surface area contributed by atoms with E-state index in [1.807, 2.05) is 0 Å². The Morgan fingerprint density at radius 2 is 1.76 bits per heavy atom. The topological polar surface area (TPSA) is 0 Å². The summed E-state index contributed by atoms with van der Waals surface area (Å²) >= 11 is 0. The van der Waals surface area contributed by atoms with Crippen molar-refractivity contribution >= 4 is 0 Å². The summed E-state index contributed by atoms with van der Waals surface area (Å²) in [5, 5.41) is 0. The highest BCUT2D eigenvalue weighted by Gasteiger charge is 2.07. The van der Waals surface area contributed by atoms with Crippen molar-refractivity contribution in [1.29, 1.82) is 0 Å². The molecule has 0 unspecified atom stereocenters. The average Bonchev–Trinajstić information content (AvgIpc) is 2.27. The van der Waals surface area contributed by atoms with E-state index in [1.165, 1.54) is 31.2 Å². The normalized spacial score (nSPS) is 13.1. The first-order valence-electron chi connectivity index (χ1n) is 7.11. The zero-order chi connectivity index (χ0) is 12.8. The summed E-state index contributed by atoms with van der Waals surface area (Å²) in [6.45, 7) is 11.5. The number of hydrogen-bond donors (Lipinski definition) is 0. The minimum absolute atomic E-state index is 0.799. The third-order valence-corrected chi connectivity index (χ3v) is 3.62. The molecular formula is C17H28. The molecule has 0 aliphatic carbocycles. The largest absolute Gasteiger partial charge is 0.0651 e. The fourth-order valence-corrected chi connectivity index (χ4v) is 2.15. The molecule has 0 spiro atoms. The van der Waals surface area contributed by atoms with Gasteiger partial charge in [0, 0.05) is 0 Å². The summed E-state index contributed by atoms with van der Waals surface area (Å²) in [6, 6.07) is 6.99. The lowest BCUT2D eigenvalue weighted by atomic mass is 9.91. The molecule has 96 valence electrons. The number of hydrogen-bond acceptors (Lipinski definition) is 0. The molecule has 0 saturated heterocycles. The van der Waals surface area contributed by atoms with Crippen molar-refractivity contribution in [1.82, 2.24) is 0 Å². The Kier molecular flexibility index (Phi) is 5.74. The molecule has 0 amide bonds. The van der Waals surface area contributed by atoms with Crippen molar-refractivity contribution in [2.75, 3.05) is 0 Å². The predicted molar refractivity (Wildman–Crippen MR) is 77.5 cm³/mol. The van der Waals surface area contributed by atoms with Gasteiger partial charge in [0.2, 0.25) is 0 Å². The summed E-state index contributed by atoms with van der Waals surface area (Å²) < 4.78 is 0. The standard InChI is InChI=1S/C17H28/c1-6-14(4)11-17-12-15(5)8-10-16(17)9-7-13(2)3/h8,10,12-14H,6-7,9,11H2,1-5H3/t14-/m1/s1. The predicted octanol–water partition coefficient (Wildman–Crippen LogP) is 5.17. The lowest BCUT2D eigenvalue weighted by molar-refractivity contribution is 0.550. The number of benzene rings is 1. The molecule has 17 heavy (non-hydrogen) atoms. The molecule has 1 rings (SSSR count). The van der Waals surface area contributed by atoms with Gasteiger partial charge in [-0.25, -0.2) is 0 Å². The Bertz CT molecular complexity index is 336. The third kappa shape index (κ3) is 4.93. The van der Waals surface area contributed by atoms with E-state index in [0.29, 0.717) is 0 Å². The summed E-state index contributed by atoms with van der Waals surface area (Å²) in [4.78, 5) is 0. The van der Waals surface area contributed by atoms with Crippen LogP contribution in [-0.2, 0) is 12.8 Å². The van der Waals surface area contributed by atoms with Gasteiger partial charge < -0.3 is 0 Å². The second kappa shape index (κ2) is 6.83. The van der Waals surface area contributed by atoms with Gasteiger partial charge in [0.25, 0.3) is 0 Å². The van der Waals surface area contributed by atoms with Gasteiger partial charge in [-0.2, -0.15) is 0 Å². The van der Waals surface area contributed by atoms with Gasteiger partial charge in [0.05, 0.1) is 0 Å². The molecule has 0 aliphatic rings. The maximum Gasteiger partial charge on any atom is -0.0250 e. The maximum atomic E-state index is 2.39. The van der Waals surface area contributed by atoms with E-state index in [2.05, 4.69) is 52.8 Å². The van der Waals surface area contributed by atoms with Crippen LogP contribution in [0, 0.1) is 18.8 Å². The average molecular weight is 232 g/mol. The van der Waals surface area contributed by atoms with Crippen molar-refractivity contribution in [2.45, 2.75) is 60.3 Å². The molecule has 1 aromatic rings. The minimum atomic E-state index is 0.799. The van der Waals surface area contributed by atoms with Crippen molar-refractivity contribution in [2.24, 2.45) is 11.8 Å². The lowest BCUT2D eigenvalue weighted by Crippen LogP contribution is -2.03. The molecule has 0 aliphatic heterocycles. The fraction of sp³-hybridized carbons (Fsp3) is 0.647. The molecule has 0 fully saturated rings. The van der Waals surface area contributed by atoms with Gasteiger partial charge in [-0.15, -0.1) is 0 Å². The Balaban J connectivity index is 2.79. The van der Waals surface area contributed by atoms with Crippen LogP contribution in [0.1, 0.15) is 57.2 Å². The molecule has 0 N–H and O–H groups in total. The van der Waals surface area contributed by atoms with Crippen LogP contribution in [0.5, 0.6) is 0 Å². The third-order valence-electron chi connectivity index (χ3n) is 3.62. The van der Waals surface area contributed by atoms with E-state index in [4.69, 9.17) is 0 Å². The summed E-state index contributed by atoms with van der Waals surface area (Å²) in [5.41, 5.74) is 4.56. The monoisotopic (exact) mass is 232 g/mol. The molecule has 0 aromatic heterocycles. The van der Waals surface area contributed by atoms with Crippen LogP contribution in [0.3, 0.4) is 0 Å². The van der Waals surface area contributed by atoms with Crippen molar-refractivity contribution < 1.29 is 0 Å². The molecule has 0 heteroatoms. The smallest absolute Gasteiger partial charge is 0.0250 e. The fourth-order valence-electron chi connectivity index (χ4n) is 2.15. The van der Waals surface area contributed by atoms with Gasteiger partial charge in [-0.1, -0.05) is 57.9 Å². The number of aryl methyl sites for hydroxylation is 2. The van der Waals surface area contributed by atoms with Crippen LogP contribution in [0.2, 0.25) is 0 Å². The van der Waals surface area contributed by atoms with E-state index in [-0.39, 0.29) is 0 Å². The van der Waals surface area contributed by atoms with Crippen molar-refractivity contribution in [3.05, 3.63) is 34.9 Å². The van der Waals surface area contributed by atoms with E-state index >= 15 is 0 Å².